The van der Waals surface area contributed by atoms with Crippen LogP contribution in [0.4, 0.5) is 0 Å². The first-order valence-corrected chi connectivity index (χ1v) is 24.1. The van der Waals surface area contributed by atoms with Gasteiger partial charge in [-0.05, 0) is 83.5 Å². The van der Waals surface area contributed by atoms with Crippen molar-refractivity contribution in [2.24, 2.45) is 0 Å². The van der Waals surface area contributed by atoms with Gasteiger partial charge in [-0.2, -0.15) is 0 Å². The Morgan fingerprint density at radius 1 is 0.397 bits per heavy atom. The van der Waals surface area contributed by atoms with Crippen molar-refractivity contribution >= 4 is 11.9 Å². The second-order valence-electron chi connectivity index (χ2n) is 15.6. The van der Waals surface area contributed by atoms with Crippen LogP contribution in [0.5, 0.6) is 0 Å². The van der Waals surface area contributed by atoms with E-state index in [9.17, 15) is 9.59 Å². The number of allylic oxidation sites excluding steroid dienone is 14. The Bertz CT molecular complexity index is 1090. The summed E-state index contributed by atoms with van der Waals surface area (Å²) in [5.41, 5.74) is 0. The van der Waals surface area contributed by atoms with E-state index in [4.69, 9.17) is 14.2 Å². The summed E-state index contributed by atoms with van der Waals surface area (Å²) in [6.07, 6.45) is 63.1. The predicted octanol–water partition coefficient (Wildman–Crippen LogP) is 16.1. The Hall–Kier alpha value is -2.92. The molecule has 0 fully saturated rings. The number of hydrogen-bond acceptors (Lipinski definition) is 5. The van der Waals surface area contributed by atoms with Crippen LogP contribution in [0.3, 0.4) is 0 Å². The fourth-order valence-electron chi connectivity index (χ4n) is 6.41. The van der Waals surface area contributed by atoms with Crippen LogP contribution in [0.25, 0.3) is 0 Å². The van der Waals surface area contributed by atoms with E-state index in [0.717, 1.165) is 96.3 Å². The Labute approximate surface area is 359 Å². The molecule has 0 saturated carbocycles. The lowest BCUT2D eigenvalue weighted by Gasteiger charge is -2.18. The van der Waals surface area contributed by atoms with Crippen molar-refractivity contribution in [3.8, 4) is 0 Å². The topological polar surface area (TPSA) is 61.8 Å². The Kier molecular flexibility index (Phi) is 46.0. The van der Waals surface area contributed by atoms with Crippen LogP contribution < -0.4 is 0 Å². The van der Waals surface area contributed by atoms with Crippen LogP contribution >= 0.6 is 0 Å². The minimum Gasteiger partial charge on any atom is -0.462 e. The van der Waals surface area contributed by atoms with Crippen molar-refractivity contribution in [2.45, 2.75) is 219 Å². The molecule has 0 aliphatic rings. The molecular formula is C53H90O5. The van der Waals surface area contributed by atoms with E-state index in [0.29, 0.717) is 19.4 Å². The highest BCUT2D eigenvalue weighted by atomic mass is 16.6. The molecule has 0 aromatic heterocycles. The lowest BCUT2D eigenvalue weighted by atomic mass is 10.0. The molecule has 1 atom stereocenters. The number of carbonyl (C=O) groups is 2. The largest absolute Gasteiger partial charge is 0.462 e. The molecule has 5 heteroatoms. The summed E-state index contributed by atoms with van der Waals surface area (Å²) in [6, 6.07) is 0. The monoisotopic (exact) mass is 807 g/mol. The third-order valence-corrected chi connectivity index (χ3v) is 9.93. The number of rotatable bonds is 43. The lowest BCUT2D eigenvalue weighted by Crippen LogP contribution is -2.30. The smallest absolute Gasteiger partial charge is 0.306 e. The van der Waals surface area contributed by atoms with Gasteiger partial charge in [0.1, 0.15) is 6.61 Å². The Morgan fingerprint density at radius 3 is 1.24 bits per heavy atom. The summed E-state index contributed by atoms with van der Waals surface area (Å²) in [5, 5.41) is 0. The van der Waals surface area contributed by atoms with Crippen molar-refractivity contribution < 1.29 is 23.8 Å². The molecule has 0 spiro atoms. The maximum Gasteiger partial charge on any atom is 0.306 e. The second-order valence-corrected chi connectivity index (χ2v) is 15.6. The first-order chi connectivity index (χ1) is 28.6. The minimum atomic E-state index is -0.572. The molecule has 0 aliphatic heterocycles. The van der Waals surface area contributed by atoms with E-state index in [2.05, 4.69) is 106 Å². The third kappa shape index (κ3) is 45.8. The van der Waals surface area contributed by atoms with E-state index in [1.165, 1.54) is 83.5 Å². The van der Waals surface area contributed by atoms with Crippen molar-refractivity contribution in [2.75, 3.05) is 19.8 Å². The molecule has 0 heterocycles. The number of unbranched alkanes of at least 4 members (excludes halogenated alkanes) is 18. The zero-order chi connectivity index (χ0) is 42.1. The van der Waals surface area contributed by atoms with Crippen molar-refractivity contribution in [1.29, 1.82) is 0 Å². The molecule has 0 saturated heterocycles. The molecule has 5 nitrogen and oxygen atoms in total. The van der Waals surface area contributed by atoms with Crippen LogP contribution in [0, 0.1) is 0 Å². The van der Waals surface area contributed by atoms with Gasteiger partial charge in [0, 0.05) is 19.4 Å². The van der Waals surface area contributed by atoms with Gasteiger partial charge in [0.25, 0.3) is 0 Å². The zero-order valence-electron chi connectivity index (χ0n) is 38.0. The molecule has 0 N–H and O–H groups in total. The van der Waals surface area contributed by atoms with Crippen LogP contribution in [0.15, 0.2) is 85.1 Å². The third-order valence-electron chi connectivity index (χ3n) is 9.93. The lowest BCUT2D eigenvalue weighted by molar-refractivity contribution is -0.163. The van der Waals surface area contributed by atoms with Crippen molar-refractivity contribution in [1.82, 2.24) is 0 Å². The van der Waals surface area contributed by atoms with Gasteiger partial charge < -0.3 is 14.2 Å². The van der Waals surface area contributed by atoms with Crippen molar-refractivity contribution in [3.05, 3.63) is 85.1 Å². The molecule has 0 aromatic carbocycles. The molecular weight excluding hydrogens is 717 g/mol. The fourth-order valence-corrected chi connectivity index (χ4v) is 6.41. The standard InChI is InChI=1S/C53H90O5/c1-4-7-10-13-16-19-22-25-27-29-31-34-37-40-43-46-52(54)57-50-51(49-56-48-45-42-39-36-33-30-26-23-20-17-14-11-8-5-2)58-53(55)47-44-41-38-35-32-28-24-21-18-15-12-9-6-3/h7-8,10-11,16-17,19-20,25-27,30,36,39,51H,4-6,9,12-15,18,21-24,28-29,31-35,37-38,40-50H2,1-3H3/b10-7-,11-8-,19-16-,20-17-,27-25-,30-26-,39-36-. The van der Waals surface area contributed by atoms with Crippen LogP contribution in [0.2, 0.25) is 0 Å². The Balaban J connectivity index is 4.38. The highest BCUT2D eigenvalue weighted by Gasteiger charge is 2.17. The van der Waals surface area contributed by atoms with Crippen molar-refractivity contribution in [3.63, 3.8) is 0 Å². The molecule has 0 rings (SSSR count). The summed E-state index contributed by atoms with van der Waals surface area (Å²) in [4.78, 5) is 25.3. The van der Waals surface area contributed by atoms with Crippen LogP contribution in [-0.2, 0) is 23.8 Å². The molecule has 0 radical (unpaired) electrons. The van der Waals surface area contributed by atoms with Gasteiger partial charge in [-0.3, -0.25) is 9.59 Å². The molecule has 0 aliphatic carbocycles. The average Bonchev–Trinajstić information content (AvgIpc) is 3.22. The molecule has 332 valence electrons. The predicted molar refractivity (Wildman–Crippen MR) is 251 cm³/mol. The van der Waals surface area contributed by atoms with E-state index in [1.807, 2.05) is 0 Å². The molecule has 0 bridgehead atoms. The second kappa shape index (κ2) is 48.4. The van der Waals surface area contributed by atoms with Gasteiger partial charge in [-0.25, -0.2) is 0 Å². The summed E-state index contributed by atoms with van der Waals surface area (Å²) >= 11 is 0. The van der Waals surface area contributed by atoms with Gasteiger partial charge in [0.15, 0.2) is 6.10 Å². The first-order valence-electron chi connectivity index (χ1n) is 24.1. The quantitative estimate of drug-likeness (QED) is 0.0349. The normalized spacial score (nSPS) is 12.9. The highest BCUT2D eigenvalue weighted by molar-refractivity contribution is 5.70. The Morgan fingerprint density at radius 2 is 0.776 bits per heavy atom. The van der Waals surface area contributed by atoms with Crippen LogP contribution in [0.1, 0.15) is 213 Å². The van der Waals surface area contributed by atoms with Gasteiger partial charge in [0.2, 0.25) is 0 Å². The number of hydrogen-bond donors (Lipinski definition) is 0. The number of esters is 2. The van der Waals surface area contributed by atoms with Crippen LogP contribution in [-0.4, -0.2) is 37.9 Å². The molecule has 58 heavy (non-hydrogen) atoms. The molecule has 1 unspecified atom stereocenters. The van der Waals surface area contributed by atoms with E-state index < -0.39 is 6.10 Å². The van der Waals surface area contributed by atoms with E-state index >= 15 is 0 Å². The maximum absolute atomic E-state index is 12.8. The summed E-state index contributed by atoms with van der Waals surface area (Å²) in [5.74, 6) is -0.447. The summed E-state index contributed by atoms with van der Waals surface area (Å²) < 4.78 is 17.3. The first kappa shape index (κ1) is 55.1. The van der Waals surface area contributed by atoms with Gasteiger partial charge in [0.05, 0.1) is 6.61 Å². The zero-order valence-corrected chi connectivity index (χ0v) is 38.0. The maximum atomic E-state index is 12.8. The summed E-state index contributed by atoms with van der Waals surface area (Å²) in [6.45, 7) is 7.45. The highest BCUT2D eigenvalue weighted by Crippen LogP contribution is 2.14. The van der Waals surface area contributed by atoms with Gasteiger partial charge in [-0.1, -0.05) is 202 Å². The SMILES string of the molecule is CC/C=C\C/C=C\C/C=C\C/C=C\CCCOCC(COC(=O)CCCCCCC/C=C\C/C=C\C/C=C\CC)OC(=O)CCCCCCCCCCCCCCC. The number of ether oxygens (including phenoxy) is 3. The van der Waals surface area contributed by atoms with E-state index in [1.54, 1.807) is 0 Å². The molecule has 0 amide bonds. The molecule has 0 aromatic rings. The minimum absolute atomic E-state index is 0.0526. The number of carbonyl (C=O) groups excluding carboxylic acids is 2. The van der Waals surface area contributed by atoms with Gasteiger partial charge >= 0.3 is 11.9 Å². The summed E-state index contributed by atoms with van der Waals surface area (Å²) in [7, 11) is 0. The fraction of sp³-hybridized carbons (Fsp3) is 0.698. The average molecular weight is 807 g/mol. The van der Waals surface area contributed by atoms with Gasteiger partial charge in [-0.15, -0.1) is 0 Å². The van der Waals surface area contributed by atoms with E-state index in [-0.39, 0.29) is 25.2 Å².